The highest BCUT2D eigenvalue weighted by atomic mass is 16.5. The summed E-state index contributed by atoms with van der Waals surface area (Å²) in [6.07, 6.45) is 1.67. The molecule has 2 atom stereocenters. The molecular weight excluding hydrogens is 316 g/mol. The summed E-state index contributed by atoms with van der Waals surface area (Å²) in [5.74, 6) is -0.118. The molecule has 0 heterocycles. The Labute approximate surface area is 149 Å². The first kappa shape index (κ1) is 19.0. The zero-order valence-electron chi connectivity index (χ0n) is 14.6. The number of benzene rings is 2. The van der Waals surface area contributed by atoms with Gasteiger partial charge in [0.15, 0.2) is 0 Å². The van der Waals surface area contributed by atoms with Crippen molar-refractivity contribution in [2.75, 3.05) is 0 Å². The molecule has 0 aliphatic rings. The van der Waals surface area contributed by atoms with Crippen molar-refractivity contribution in [2.24, 2.45) is 5.92 Å². The number of aryl methyl sites for hydroxylation is 1. The molecule has 0 aliphatic heterocycles. The quantitative estimate of drug-likeness (QED) is 0.683. The third-order valence-corrected chi connectivity index (χ3v) is 4.34. The van der Waals surface area contributed by atoms with Crippen LogP contribution >= 0.6 is 0 Å². The molecule has 2 aromatic rings. The first-order chi connectivity index (χ1) is 12.0. The van der Waals surface area contributed by atoms with Gasteiger partial charge in [0.05, 0.1) is 12.5 Å². The number of carboxylic acids is 1. The highest BCUT2D eigenvalue weighted by molar-refractivity contribution is 5.67. The van der Waals surface area contributed by atoms with E-state index in [1.807, 2.05) is 49.4 Å². The summed E-state index contributed by atoms with van der Waals surface area (Å²) in [6.45, 7) is 2.45. The fourth-order valence-electron chi connectivity index (χ4n) is 2.69. The van der Waals surface area contributed by atoms with Gasteiger partial charge in [-0.05, 0) is 48.4 Å². The van der Waals surface area contributed by atoms with Crippen molar-refractivity contribution in [2.45, 2.75) is 45.3 Å². The van der Waals surface area contributed by atoms with Crippen LogP contribution < -0.4 is 4.74 Å². The molecule has 2 rings (SSSR count). The van der Waals surface area contributed by atoms with Crippen molar-refractivity contribution in [3.8, 4) is 5.75 Å². The van der Waals surface area contributed by atoms with Gasteiger partial charge < -0.3 is 14.9 Å². The maximum atomic E-state index is 10.6. The van der Waals surface area contributed by atoms with Gasteiger partial charge in [0, 0.05) is 0 Å². The Morgan fingerprint density at radius 2 is 1.72 bits per heavy atom. The number of ether oxygens (including phenoxy) is 1. The second-order valence-corrected chi connectivity index (χ2v) is 6.45. The standard InChI is InChI=1S/C21H26O4/c1-16(20(22)14-21(23)24)6-5-9-17-10-12-19(13-11-17)25-15-18-7-3-2-4-8-18/h2-4,7-8,10-13,16,20,22H,5-6,9,14-15H2,1H3,(H,23,24). The Balaban J connectivity index is 1.72. The summed E-state index contributed by atoms with van der Waals surface area (Å²) in [6, 6.07) is 18.1. The van der Waals surface area contributed by atoms with Crippen molar-refractivity contribution in [3.05, 3.63) is 65.7 Å². The number of aliphatic hydroxyl groups excluding tert-OH is 1. The fourth-order valence-corrected chi connectivity index (χ4v) is 2.69. The van der Waals surface area contributed by atoms with Gasteiger partial charge in [-0.1, -0.05) is 49.4 Å². The monoisotopic (exact) mass is 342 g/mol. The first-order valence-corrected chi connectivity index (χ1v) is 8.70. The molecular formula is C21H26O4. The Bertz CT molecular complexity index is 637. The van der Waals surface area contributed by atoms with Gasteiger partial charge in [0.25, 0.3) is 0 Å². The van der Waals surface area contributed by atoms with Gasteiger partial charge in [0.2, 0.25) is 0 Å². The summed E-state index contributed by atoms with van der Waals surface area (Å²) in [5.41, 5.74) is 2.35. The van der Waals surface area contributed by atoms with Crippen molar-refractivity contribution < 1.29 is 19.7 Å². The lowest BCUT2D eigenvalue weighted by atomic mass is 9.94. The van der Waals surface area contributed by atoms with Crippen molar-refractivity contribution in [1.29, 1.82) is 0 Å². The van der Waals surface area contributed by atoms with E-state index in [0.29, 0.717) is 6.61 Å². The highest BCUT2D eigenvalue weighted by Crippen LogP contribution is 2.18. The molecule has 0 saturated heterocycles. The van der Waals surface area contributed by atoms with Crippen molar-refractivity contribution >= 4 is 5.97 Å². The molecule has 2 unspecified atom stereocenters. The minimum absolute atomic E-state index is 0.00965. The molecule has 0 amide bonds. The van der Waals surface area contributed by atoms with Crippen LogP contribution in [0.1, 0.15) is 37.3 Å². The lowest BCUT2D eigenvalue weighted by Crippen LogP contribution is -2.21. The molecule has 0 aromatic heterocycles. The van der Waals surface area contributed by atoms with Crippen LogP contribution in [0.5, 0.6) is 5.75 Å². The predicted molar refractivity (Wildman–Crippen MR) is 97.6 cm³/mol. The summed E-state index contributed by atoms with van der Waals surface area (Å²) in [5, 5.41) is 18.5. The Morgan fingerprint density at radius 1 is 1.04 bits per heavy atom. The average molecular weight is 342 g/mol. The maximum Gasteiger partial charge on any atom is 0.305 e. The molecule has 134 valence electrons. The van der Waals surface area contributed by atoms with E-state index in [1.54, 1.807) is 0 Å². The number of carbonyl (C=O) groups is 1. The molecule has 25 heavy (non-hydrogen) atoms. The molecule has 0 bridgehead atoms. The van der Waals surface area contributed by atoms with Crippen LogP contribution in [0, 0.1) is 5.92 Å². The van der Waals surface area contributed by atoms with Crippen LogP contribution in [0.3, 0.4) is 0 Å². The molecule has 2 aromatic carbocycles. The van der Waals surface area contributed by atoms with E-state index in [4.69, 9.17) is 9.84 Å². The molecule has 0 saturated carbocycles. The zero-order chi connectivity index (χ0) is 18.1. The highest BCUT2D eigenvalue weighted by Gasteiger charge is 2.17. The zero-order valence-corrected chi connectivity index (χ0v) is 14.6. The van der Waals surface area contributed by atoms with Crippen LogP contribution in [0.4, 0.5) is 0 Å². The second-order valence-electron chi connectivity index (χ2n) is 6.45. The van der Waals surface area contributed by atoms with Gasteiger partial charge in [-0.15, -0.1) is 0 Å². The van der Waals surface area contributed by atoms with Crippen molar-refractivity contribution in [1.82, 2.24) is 0 Å². The summed E-state index contributed by atoms with van der Waals surface area (Å²) in [7, 11) is 0. The minimum atomic E-state index is -0.953. The largest absolute Gasteiger partial charge is 0.489 e. The van der Waals surface area contributed by atoms with Crippen LogP contribution in [0.25, 0.3) is 0 Å². The third kappa shape index (κ3) is 6.98. The number of aliphatic carboxylic acids is 1. The van der Waals surface area contributed by atoms with Crippen LogP contribution in [0.15, 0.2) is 54.6 Å². The number of aliphatic hydroxyl groups is 1. The number of rotatable bonds is 10. The van der Waals surface area contributed by atoms with Crippen LogP contribution in [-0.4, -0.2) is 22.3 Å². The Kier molecular flexibility index (Phi) is 7.48. The first-order valence-electron chi connectivity index (χ1n) is 8.70. The van der Waals surface area contributed by atoms with Crippen LogP contribution in [-0.2, 0) is 17.8 Å². The fraction of sp³-hybridized carbons (Fsp3) is 0.381. The van der Waals surface area contributed by atoms with E-state index in [9.17, 15) is 9.90 Å². The van der Waals surface area contributed by atoms with E-state index in [2.05, 4.69) is 12.1 Å². The van der Waals surface area contributed by atoms with Gasteiger partial charge in [-0.3, -0.25) is 4.79 Å². The molecule has 4 nitrogen and oxygen atoms in total. The predicted octanol–water partition coefficient (Wildman–Crippen LogP) is 4.06. The normalized spacial score (nSPS) is 13.2. The summed E-state index contributed by atoms with van der Waals surface area (Å²) in [4.78, 5) is 10.6. The minimum Gasteiger partial charge on any atom is -0.489 e. The van der Waals surface area contributed by atoms with E-state index < -0.39 is 12.1 Å². The maximum absolute atomic E-state index is 10.6. The second kappa shape index (κ2) is 9.84. The topological polar surface area (TPSA) is 66.8 Å². The molecule has 0 spiro atoms. The SMILES string of the molecule is CC(CCCc1ccc(OCc2ccccc2)cc1)C(O)CC(=O)O. The van der Waals surface area contributed by atoms with Gasteiger partial charge in [-0.2, -0.15) is 0 Å². The van der Waals surface area contributed by atoms with Gasteiger partial charge >= 0.3 is 5.97 Å². The van der Waals surface area contributed by atoms with E-state index in [-0.39, 0.29) is 12.3 Å². The molecule has 2 N–H and O–H groups in total. The average Bonchev–Trinajstić information content (AvgIpc) is 2.61. The molecule has 0 fully saturated rings. The molecule has 0 aliphatic carbocycles. The summed E-state index contributed by atoms with van der Waals surface area (Å²) >= 11 is 0. The smallest absolute Gasteiger partial charge is 0.305 e. The number of hydrogen-bond acceptors (Lipinski definition) is 3. The number of carboxylic acid groups (broad SMARTS) is 1. The lowest BCUT2D eigenvalue weighted by molar-refractivity contribution is -0.139. The molecule has 0 radical (unpaired) electrons. The van der Waals surface area contributed by atoms with Gasteiger partial charge in [-0.25, -0.2) is 0 Å². The van der Waals surface area contributed by atoms with Crippen molar-refractivity contribution in [3.63, 3.8) is 0 Å². The lowest BCUT2D eigenvalue weighted by Gasteiger charge is -2.16. The van der Waals surface area contributed by atoms with Crippen LogP contribution in [0.2, 0.25) is 0 Å². The van der Waals surface area contributed by atoms with E-state index in [1.165, 1.54) is 5.56 Å². The number of hydrogen-bond donors (Lipinski definition) is 2. The summed E-state index contributed by atoms with van der Waals surface area (Å²) < 4.78 is 5.77. The van der Waals surface area contributed by atoms with E-state index in [0.717, 1.165) is 30.6 Å². The Morgan fingerprint density at radius 3 is 2.36 bits per heavy atom. The third-order valence-electron chi connectivity index (χ3n) is 4.34. The molecule has 4 heteroatoms. The Hall–Kier alpha value is -2.33. The van der Waals surface area contributed by atoms with Gasteiger partial charge in [0.1, 0.15) is 12.4 Å². The van der Waals surface area contributed by atoms with E-state index >= 15 is 0 Å².